The third-order valence-electron chi connectivity index (χ3n) is 4.46. The molecule has 0 atom stereocenters. The molecule has 0 fully saturated rings. The van der Waals surface area contributed by atoms with Crippen LogP contribution in [0.4, 0.5) is 11.5 Å². The maximum atomic E-state index is 12.6. The average Bonchev–Trinajstić information content (AvgIpc) is 2.72. The van der Waals surface area contributed by atoms with Gasteiger partial charge >= 0.3 is 11.4 Å². The number of hydrogen-bond acceptors (Lipinski definition) is 8. The third kappa shape index (κ3) is 6.94. The first-order valence-electron chi connectivity index (χ1n) is 10.1. The van der Waals surface area contributed by atoms with Crippen molar-refractivity contribution in [1.29, 1.82) is 0 Å². The Kier molecular flexibility index (Phi) is 9.05. The van der Waals surface area contributed by atoms with Gasteiger partial charge in [0.2, 0.25) is 0 Å². The Hall–Kier alpha value is -2.63. The first-order chi connectivity index (χ1) is 15.1. The summed E-state index contributed by atoms with van der Waals surface area (Å²) in [6.07, 6.45) is 0. The van der Waals surface area contributed by atoms with Crippen molar-refractivity contribution in [2.45, 2.75) is 45.9 Å². The monoisotopic (exact) mass is 484 g/mol. The molecule has 0 aliphatic heterocycles. The summed E-state index contributed by atoms with van der Waals surface area (Å²) in [5, 5.41) is 18.0. The molecule has 1 aromatic carbocycles. The molecule has 0 unspecified atom stereocenters. The van der Waals surface area contributed by atoms with Crippen molar-refractivity contribution in [3.05, 3.63) is 49.3 Å². The highest BCUT2D eigenvalue weighted by atomic mass is 35.5. The minimum Gasteiger partial charge on any atom is -0.493 e. The van der Waals surface area contributed by atoms with Crippen LogP contribution in [-0.4, -0.2) is 43.1 Å². The minimum atomic E-state index is -1.31. The van der Waals surface area contributed by atoms with Crippen LogP contribution in [0.1, 0.15) is 12.5 Å². The maximum absolute atomic E-state index is 12.6. The molecule has 2 rings (SSSR count). The molecule has 0 saturated carbocycles. The lowest BCUT2D eigenvalue weighted by Gasteiger charge is -2.15. The zero-order valence-electron chi connectivity index (χ0n) is 18.9. The lowest BCUT2D eigenvalue weighted by Crippen LogP contribution is -2.28. The zero-order valence-corrected chi connectivity index (χ0v) is 20.7. The Bertz CT molecular complexity index is 1010. The summed E-state index contributed by atoms with van der Waals surface area (Å²) in [5.41, 5.74) is -0.0650. The van der Waals surface area contributed by atoms with Gasteiger partial charge in [-0.2, -0.15) is 0 Å². The van der Waals surface area contributed by atoms with E-state index in [-0.39, 0.29) is 24.0 Å². The standard InChI is InChI=1S/C20H29ClN4O6Si/c1-6-31-16-11-14(7-8-15(16)29-2)12-22-18-17(21)20(26)24(23-19(18)25(27)28)13-30-9-10-32(3,4)5/h7-8,11,22H,6,9-10,12-13H2,1-5H3. The van der Waals surface area contributed by atoms with Gasteiger partial charge in [-0.3, -0.25) is 4.79 Å². The van der Waals surface area contributed by atoms with E-state index >= 15 is 0 Å². The molecular weight excluding hydrogens is 456 g/mol. The summed E-state index contributed by atoms with van der Waals surface area (Å²) < 4.78 is 17.2. The van der Waals surface area contributed by atoms with Crippen molar-refractivity contribution < 1.29 is 19.1 Å². The second kappa shape index (κ2) is 11.3. The minimum absolute atomic E-state index is 0.145. The predicted octanol–water partition coefficient (Wildman–Crippen LogP) is 4.14. The predicted molar refractivity (Wildman–Crippen MR) is 126 cm³/mol. The van der Waals surface area contributed by atoms with Gasteiger partial charge in [0.1, 0.15) is 5.02 Å². The van der Waals surface area contributed by atoms with E-state index < -0.39 is 24.4 Å². The molecule has 0 aliphatic rings. The zero-order chi connectivity index (χ0) is 23.9. The number of nitrogens with one attached hydrogen (secondary N) is 1. The largest absolute Gasteiger partial charge is 0.493 e. The number of ether oxygens (including phenoxy) is 3. The Morgan fingerprint density at radius 3 is 2.59 bits per heavy atom. The molecule has 0 amide bonds. The lowest BCUT2D eigenvalue weighted by molar-refractivity contribution is -0.389. The molecule has 32 heavy (non-hydrogen) atoms. The number of nitro groups is 1. The summed E-state index contributed by atoms with van der Waals surface area (Å²) in [6.45, 7) is 9.28. The topological polar surface area (TPSA) is 118 Å². The van der Waals surface area contributed by atoms with Gasteiger partial charge in [-0.25, -0.2) is 0 Å². The van der Waals surface area contributed by atoms with E-state index in [0.717, 1.165) is 16.3 Å². The number of nitrogens with zero attached hydrogens (tertiary/aromatic N) is 3. The fraction of sp³-hybridized carbons (Fsp3) is 0.500. The fourth-order valence-corrected chi connectivity index (χ4v) is 3.72. The molecule has 1 heterocycles. The Morgan fingerprint density at radius 1 is 1.28 bits per heavy atom. The van der Waals surface area contributed by atoms with Crippen molar-refractivity contribution in [2.75, 3.05) is 25.6 Å². The molecule has 0 bridgehead atoms. The number of anilines is 1. The Morgan fingerprint density at radius 2 is 2.00 bits per heavy atom. The second-order valence-corrected chi connectivity index (χ2v) is 14.2. The van der Waals surface area contributed by atoms with Crippen molar-refractivity contribution in [1.82, 2.24) is 9.78 Å². The van der Waals surface area contributed by atoms with Crippen molar-refractivity contribution >= 4 is 31.2 Å². The van der Waals surface area contributed by atoms with Crippen LogP contribution in [0.25, 0.3) is 0 Å². The first-order valence-corrected chi connectivity index (χ1v) is 14.2. The van der Waals surface area contributed by atoms with Gasteiger partial charge < -0.3 is 29.6 Å². The van der Waals surface area contributed by atoms with Gasteiger partial charge in [0.05, 0.1) is 18.8 Å². The number of rotatable bonds is 12. The Labute approximate surface area is 192 Å². The van der Waals surface area contributed by atoms with Crippen LogP contribution in [-0.2, 0) is 18.0 Å². The maximum Gasteiger partial charge on any atom is 0.413 e. The van der Waals surface area contributed by atoms with Gasteiger partial charge in [0.15, 0.2) is 23.9 Å². The number of aromatic nitrogens is 2. The van der Waals surface area contributed by atoms with Gasteiger partial charge in [-0.15, -0.1) is 4.68 Å². The van der Waals surface area contributed by atoms with Crippen molar-refractivity contribution in [2.24, 2.45) is 0 Å². The first kappa shape index (κ1) is 25.6. The fourth-order valence-electron chi connectivity index (χ4n) is 2.72. The highest BCUT2D eigenvalue weighted by Gasteiger charge is 2.26. The van der Waals surface area contributed by atoms with E-state index in [9.17, 15) is 14.9 Å². The van der Waals surface area contributed by atoms with Crippen LogP contribution in [0.2, 0.25) is 30.7 Å². The SMILES string of the molecule is CCOc1cc(CNc2c([N+](=O)[O-])nn(COCC[Si](C)(C)C)c(=O)c2Cl)ccc1OC. The molecule has 2 aromatic rings. The number of benzene rings is 1. The van der Waals surface area contributed by atoms with Gasteiger partial charge in [0.25, 0.3) is 0 Å². The molecule has 1 N–H and O–H groups in total. The normalized spacial score (nSPS) is 11.3. The average molecular weight is 485 g/mol. The van der Waals surface area contributed by atoms with Gasteiger partial charge in [-0.1, -0.05) is 37.3 Å². The van der Waals surface area contributed by atoms with E-state index in [1.54, 1.807) is 18.2 Å². The van der Waals surface area contributed by atoms with Crippen molar-refractivity contribution in [3.63, 3.8) is 0 Å². The molecule has 1 aromatic heterocycles. The molecule has 10 nitrogen and oxygen atoms in total. The number of hydrogen-bond donors (Lipinski definition) is 1. The summed E-state index contributed by atoms with van der Waals surface area (Å²) >= 11 is 6.19. The van der Waals surface area contributed by atoms with E-state index in [1.165, 1.54) is 7.11 Å². The molecule has 0 aliphatic carbocycles. The van der Waals surface area contributed by atoms with Crippen molar-refractivity contribution in [3.8, 4) is 11.5 Å². The summed E-state index contributed by atoms with van der Waals surface area (Å²) in [4.78, 5) is 23.5. The van der Waals surface area contributed by atoms with Crippen LogP contribution >= 0.6 is 11.6 Å². The highest BCUT2D eigenvalue weighted by molar-refractivity contribution is 6.76. The van der Waals surface area contributed by atoms with Gasteiger partial charge in [0, 0.05) is 21.2 Å². The quantitative estimate of drug-likeness (QED) is 0.207. The van der Waals surface area contributed by atoms with E-state index in [1.807, 2.05) is 6.92 Å². The molecule has 176 valence electrons. The van der Waals surface area contributed by atoms with E-state index in [4.69, 9.17) is 25.8 Å². The number of methoxy groups -OCH3 is 1. The van der Waals surface area contributed by atoms with E-state index in [2.05, 4.69) is 30.1 Å². The number of halogens is 1. The summed E-state index contributed by atoms with van der Waals surface area (Å²) in [7, 11) is 0.226. The van der Waals surface area contributed by atoms with Crippen LogP contribution < -0.4 is 20.3 Å². The van der Waals surface area contributed by atoms with Crippen LogP contribution in [0.3, 0.4) is 0 Å². The summed E-state index contributed by atoms with van der Waals surface area (Å²) in [6, 6.07) is 6.14. The Balaban J connectivity index is 2.23. The highest BCUT2D eigenvalue weighted by Crippen LogP contribution is 2.30. The molecule has 12 heteroatoms. The smallest absolute Gasteiger partial charge is 0.413 e. The van der Waals surface area contributed by atoms with Gasteiger partial charge in [-0.05, 0) is 35.6 Å². The van der Waals surface area contributed by atoms with Crippen LogP contribution in [0.5, 0.6) is 11.5 Å². The molecular formula is C20H29ClN4O6Si. The van der Waals surface area contributed by atoms with Crippen LogP contribution in [0, 0.1) is 10.1 Å². The summed E-state index contributed by atoms with van der Waals surface area (Å²) in [5.74, 6) is 0.554. The van der Waals surface area contributed by atoms with Crippen LogP contribution in [0.15, 0.2) is 23.0 Å². The molecule has 0 radical (unpaired) electrons. The van der Waals surface area contributed by atoms with E-state index in [0.29, 0.717) is 24.7 Å². The second-order valence-electron chi connectivity index (χ2n) is 8.19. The molecule has 0 spiro atoms. The lowest BCUT2D eigenvalue weighted by atomic mass is 10.2. The molecule has 0 saturated heterocycles. The third-order valence-corrected chi connectivity index (χ3v) is 6.52.